The Balaban J connectivity index is 0.000000812. The van der Waals surface area contributed by atoms with Crippen molar-refractivity contribution in [1.82, 2.24) is 20.1 Å². The van der Waals surface area contributed by atoms with Crippen LogP contribution in [0.15, 0.2) is 109 Å². The normalized spacial score (nSPS) is 11.7. The summed E-state index contributed by atoms with van der Waals surface area (Å²) in [5.41, 5.74) is 2.40. The lowest BCUT2D eigenvalue weighted by atomic mass is 10.1. The fourth-order valence-corrected chi connectivity index (χ4v) is 4.32. The van der Waals surface area contributed by atoms with Crippen molar-refractivity contribution in [1.29, 1.82) is 0 Å². The Hall–Kier alpha value is -4.91. The first kappa shape index (κ1) is 47.1. The molecule has 2 atom stereocenters. The molecule has 0 spiro atoms. The molecule has 284 valence electrons. The number of hydrogen-bond acceptors (Lipinski definition) is 9. The average Bonchev–Trinajstić information content (AvgIpc) is 3.10. The number of ether oxygens (including phenoxy) is 3. The summed E-state index contributed by atoms with van der Waals surface area (Å²) in [6.07, 6.45) is 8.11. The van der Waals surface area contributed by atoms with E-state index < -0.39 is 12.1 Å². The molecular formula is C40H56N4O7S. The number of H-pyrrole nitrogens is 1. The fraction of sp³-hybridized carbons (Fsp3) is 0.350. The molecule has 3 rings (SSSR count). The van der Waals surface area contributed by atoms with Crippen LogP contribution < -0.4 is 15.6 Å². The first-order chi connectivity index (χ1) is 24.7. The SMILES string of the molecule is C=C/C=C\C=C.CCN(C(=O)C(OC(C)=O)C(C)S)/C(C)=C/c1ccccc1.CN(C)CCNC(=O)COc1ccc2[nH]c(=O)ccc2c1.COC. The number of esters is 1. The van der Waals surface area contributed by atoms with Crippen LogP contribution in [0.4, 0.5) is 0 Å². The molecule has 2 N–H and O–H groups in total. The second-order valence-electron chi connectivity index (χ2n) is 11.3. The standard InChI is InChI=1S/C17H23NO3S.C15H19N3O3.C6H8.C2H6O/c1-5-18(12(2)11-15-9-7-6-8-10-15)17(20)16(13(3)22)21-14(4)19;1-18(2)8-7-16-15(20)10-21-12-4-5-13-11(9-12)3-6-14(19)17-13;1-3-5-6-4-2;1-3-2/h6-11,13,16,22H,5H2,1-4H3;3-6,9H,7-8,10H2,1-2H3,(H,16,20)(H,17,19);3-6H,1-2H2;1-2H3/b12-11+;;6-5-;. The molecule has 11 nitrogen and oxygen atoms in total. The van der Waals surface area contributed by atoms with Crippen LogP contribution in [0, 0.1) is 0 Å². The van der Waals surface area contributed by atoms with Crippen molar-refractivity contribution in [2.24, 2.45) is 0 Å². The van der Waals surface area contributed by atoms with Crippen molar-refractivity contribution < 1.29 is 28.6 Å². The van der Waals surface area contributed by atoms with Gasteiger partial charge in [-0.3, -0.25) is 19.2 Å². The number of pyridine rings is 1. The molecule has 0 fully saturated rings. The number of fused-ring (bicyclic) bond motifs is 1. The second kappa shape index (κ2) is 27.8. The molecule has 2 aromatic carbocycles. The summed E-state index contributed by atoms with van der Waals surface area (Å²) in [5, 5.41) is 3.26. The Morgan fingerprint density at radius 2 is 1.60 bits per heavy atom. The number of allylic oxidation sites excluding steroid dienone is 5. The topological polar surface area (TPSA) is 130 Å². The number of nitrogens with zero attached hydrogens (tertiary/aromatic N) is 2. The second-order valence-corrected chi connectivity index (χ2v) is 12.1. The highest BCUT2D eigenvalue weighted by molar-refractivity contribution is 7.81. The van der Waals surface area contributed by atoms with E-state index in [4.69, 9.17) is 9.47 Å². The molecule has 2 amide bonds. The molecule has 1 aromatic heterocycles. The van der Waals surface area contributed by atoms with Gasteiger partial charge in [0.25, 0.3) is 11.8 Å². The number of nitrogens with one attached hydrogen (secondary N) is 2. The Morgan fingerprint density at radius 3 is 2.12 bits per heavy atom. The minimum Gasteiger partial charge on any atom is -0.484 e. The zero-order chi connectivity index (χ0) is 39.5. The molecule has 0 aliphatic rings. The van der Waals surface area contributed by atoms with E-state index in [0.29, 0.717) is 18.8 Å². The number of carbonyl (C=O) groups excluding carboxylic acids is 3. The lowest BCUT2D eigenvalue weighted by Gasteiger charge is -2.28. The third kappa shape index (κ3) is 20.7. The van der Waals surface area contributed by atoms with Gasteiger partial charge in [-0.05, 0) is 70.8 Å². The van der Waals surface area contributed by atoms with Crippen LogP contribution in [0.5, 0.6) is 5.75 Å². The Bertz CT molecular complexity index is 1630. The van der Waals surface area contributed by atoms with Gasteiger partial charge >= 0.3 is 5.97 Å². The third-order valence-corrected chi connectivity index (χ3v) is 6.76. The van der Waals surface area contributed by atoms with Gasteiger partial charge in [-0.25, -0.2) is 0 Å². The fourth-order valence-electron chi connectivity index (χ4n) is 4.13. The van der Waals surface area contributed by atoms with Gasteiger partial charge in [-0.15, -0.1) is 0 Å². The predicted molar refractivity (Wildman–Crippen MR) is 216 cm³/mol. The molecule has 0 aliphatic heterocycles. The van der Waals surface area contributed by atoms with E-state index in [1.807, 2.05) is 81.4 Å². The van der Waals surface area contributed by atoms with Crippen LogP contribution in [-0.2, 0) is 23.9 Å². The van der Waals surface area contributed by atoms with E-state index in [1.54, 1.807) is 62.5 Å². The lowest BCUT2D eigenvalue weighted by Crippen LogP contribution is -2.44. The predicted octanol–water partition coefficient (Wildman–Crippen LogP) is 5.91. The van der Waals surface area contributed by atoms with E-state index in [0.717, 1.165) is 28.7 Å². The van der Waals surface area contributed by atoms with Gasteiger partial charge in [0.05, 0.1) is 0 Å². The maximum Gasteiger partial charge on any atom is 0.303 e. The van der Waals surface area contributed by atoms with Gasteiger partial charge in [0, 0.05) is 68.7 Å². The monoisotopic (exact) mass is 736 g/mol. The molecule has 0 bridgehead atoms. The molecule has 52 heavy (non-hydrogen) atoms. The summed E-state index contributed by atoms with van der Waals surface area (Å²) in [7, 11) is 7.14. The van der Waals surface area contributed by atoms with E-state index in [1.165, 1.54) is 13.0 Å². The molecule has 12 heteroatoms. The summed E-state index contributed by atoms with van der Waals surface area (Å²) >= 11 is 4.26. The van der Waals surface area contributed by atoms with E-state index in [-0.39, 0.29) is 29.2 Å². The number of likely N-dealkylation sites (N-methyl/N-ethyl adjacent to an activating group) is 2. The Labute approximate surface area is 314 Å². The van der Waals surface area contributed by atoms with Crippen LogP contribution in [0.2, 0.25) is 0 Å². The van der Waals surface area contributed by atoms with Crippen molar-refractivity contribution in [3.05, 3.63) is 120 Å². The highest BCUT2D eigenvalue weighted by Crippen LogP contribution is 2.18. The van der Waals surface area contributed by atoms with Gasteiger partial charge in [0.2, 0.25) is 5.56 Å². The number of methoxy groups -OCH3 is 1. The molecule has 0 saturated heterocycles. The molecule has 2 unspecified atom stereocenters. The highest BCUT2D eigenvalue weighted by atomic mass is 32.1. The van der Waals surface area contributed by atoms with Crippen LogP contribution in [0.25, 0.3) is 17.0 Å². The van der Waals surface area contributed by atoms with Gasteiger partial charge < -0.3 is 34.3 Å². The third-order valence-electron chi connectivity index (χ3n) is 6.49. The number of aromatic nitrogens is 1. The minimum atomic E-state index is -0.889. The number of hydrogen-bond donors (Lipinski definition) is 3. The summed E-state index contributed by atoms with van der Waals surface area (Å²) < 4.78 is 14.8. The number of benzene rings is 2. The molecular weight excluding hydrogens is 681 g/mol. The largest absolute Gasteiger partial charge is 0.484 e. The van der Waals surface area contributed by atoms with Crippen molar-refractivity contribution in [2.75, 3.05) is 54.6 Å². The van der Waals surface area contributed by atoms with E-state index in [2.05, 4.69) is 40.8 Å². The quantitative estimate of drug-likeness (QED) is 0.106. The van der Waals surface area contributed by atoms with Crippen molar-refractivity contribution in [3.63, 3.8) is 0 Å². The highest BCUT2D eigenvalue weighted by Gasteiger charge is 2.30. The summed E-state index contributed by atoms with van der Waals surface area (Å²) in [6, 6.07) is 18.2. The van der Waals surface area contributed by atoms with E-state index in [9.17, 15) is 19.2 Å². The lowest BCUT2D eigenvalue weighted by molar-refractivity contribution is -0.157. The van der Waals surface area contributed by atoms with Crippen molar-refractivity contribution >= 4 is 47.4 Å². The summed E-state index contributed by atoms with van der Waals surface area (Å²) in [6.45, 7) is 15.5. The number of thiol groups is 1. The Kier molecular flexibility index (Phi) is 25.1. The van der Waals surface area contributed by atoms with Crippen LogP contribution in [0.1, 0.15) is 33.3 Å². The van der Waals surface area contributed by atoms with Gasteiger partial charge in [-0.2, -0.15) is 12.6 Å². The van der Waals surface area contributed by atoms with Crippen molar-refractivity contribution in [2.45, 2.75) is 39.0 Å². The van der Waals surface area contributed by atoms with Crippen molar-refractivity contribution in [3.8, 4) is 5.75 Å². The zero-order valence-electron chi connectivity index (χ0n) is 31.8. The number of amides is 2. The maximum atomic E-state index is 12.6. The van der Waals surface area contributed by atoms with Gasteiger partial charge in [-0.1, -0.05) is 67.8 Å². The molecule has 0 aliphatic carbocycles. The smallest absolute Gasteiger partial charge is 0.303 e. The van der Waals surface area contributed by atoms with Crippen LogP contribution in [-0.4, -0.2) is 98.5 Å². The number of rotatable bonds is 14. The van der Waals surface area contributed by atoms with Crippen LogP contribution >= 0.6 is 12.6 Å². The molecule has 1 heterocycles. The zero-order valence-corrected chi connectivity index (χ0v) is 32.7. The summed E-state index contributed by atoms with van der Waals surface area (Å²) in [5.74, 6) is -0.305. The first-order valence-electron chi connectivity index (χ1n) is 16.6. The van der Waals surface area contributed by atoms with E-state index >= 15 is 0 Å². The summed E-state index contributed by atoms with van der Waals surface area (Å²) in [4.78, 5) is 52.9. The number of aromatic amines is 1. The minimum absolute atomic E-state index is 0.0255. The van der Waals surface area contributed by atoms with Gasteiger partial charge in [0.1, 0.15) is 5.75 Å². The first-order valence-corrected chi connectivity index (χ1v) is 17.1. The Morgan fingerprint density at radius 1 is 0.981 bits per heavy atom. The van der Waals surface area contributed by atoms with Crippen LogP contribution in [0.3, 0.4) is 0 Å². The maximum absolute atomic E-state index is 12.6. The molecule has 0 radical (unpaired) electrons. The average molecular weight is 737 g/mol. The number of carbonyl (C=O) groups is 3. The van der Waals surface area contributed by atoms with Gasteiger partial charge in [0.15, 0.2) is 12.7 Å². The molecule has 0 saturated carbocycles. The molecule has 3 aromatic rings.